The Balaban J connectivity index is 3.14. The summed E-state index contributed by atoms with van der Waals surface area (Å²) in [6.45, 7) is 0. The Morgan fingerprint density at radius 3 is 2.31 bits per heavy atom. The molecule has 0 bridgehead atoms. The molecule has 0 saturated heterocycles. The first-order valence-electron chi connectivity index (χ1n) is 3.10. The SMILES string of the molecule is N#C/N=C1C=C(Cl)/C(=N\I)C=C/1Cl. The number of nitrogens with zero attached hydrogens (tertiary/aromatic N) is 3. The van der Waals surface area contributed by atoms with Crippen LogP contribution in [-0.4, -0.2) is 11.4 Å². The molecule has 0 aromatic rings. The molecule has 0 spiro atoms. The van der Waals surface area contributed by atoms with Gasteiger partial charge in [-0.15, -0.1) is 0 Å². The molecule has 0 aromatic heterocycles. The van der Waals surface area contributed by atoms with Crippen LogP contribution in [0.5, 0.6) is 0 Å². The van der Waals surface area contributed by atoms with Crippen molar-refractivity contribution in [3.05, 3.63) is 22.2 Å². The quantitative estimate of drug-likeness (QED) is 0.384. The van der Waals surface area contributed by atoms with Gasteiger partial charge in [0.05, 0.1) is 44.4 Å². The molecule has 3 nitrogen and oxygen atoms in total. The van der Waals surface area contributed by atoms with Crippen molar-refractivity contribution in [2.45, 2.75) is 0 Å². The zero-order valence-corrected chi connectivity index (χ0v) is 9.80. The molecular formula is C7H2Cl2IN3. The second-order valence-electron chi connectivity index (χ2n) is 2.05. The molecule has 1 rings (SSSR count). The maximum atomic E-state index is 8.32. The third kappa shape index (κ3) is 2.53. The predicted octanol–water partition coefficient (Wildman–Crippen LogP) is 2.96. The average Bonchev–Trinajstić information content (AvgIpc) is 2.11. The summed E-state index contributed by atoms with van der Waals surface area (Å²) in [6, 6.07) is 0. The molecule has 6 heteroatoms. The van der Waals surface area contributed by atoms with Gasteiger partial charge in [0, 0.05) is 0 Å². The molecule has 0 N–H and O–H groups in total. The van der Waals surface area contributed by atoms with Gasteiger partial charge in [-0.1, -0.05) is 23.2 Å². The zero-order valence-electron chi connectivity index (χ0n) is 6.13. The molecule has 0 aliphatic heterocycles. The van der Waals surface area contributed by atoms with E-state index in [-0.39, 0.29) is 0 Å². The lowest BCUT2D eigenvalue weighted by Crippen LogP contribution is -2.07. The molecule has 0 radical (unpaired) electrons. The van der Waals surface area contributed by atoms with Crippen LogP contribution in [-0.2, 0) is 0 Å². The summed E-state index contributed by atoms with van der Waals surface area (Å²) in [7, 11) is 0. The third-order valence-corrected chi connectivity index (χ3v) is 2.40. The van der Waals surface area contributed by atoms with Gasteiger partial charge >= 0.3 is 0 Å². The first-order chi connectivity index (χ1) is 6.19. The maximum absolute atomic E-state index is 8.32. The molecule has 66 valence electrons. The van der Waals surface area contributed by atoms with Crippen molar-refractivity contribution in [1.29, 1.82) is 5.26 Å². The van der Waals surface area contributed by atoms with E-state index < -0.39 is 0 Å². The number of hydrogen-bond acceptors (Lipinski definition) is 3. The van der Waals surface area contributed by atoms with Crippen LogP contribution in [0.25, 0.3) is 0 Å². The van der Waals surface area contributed by atoms with Crippen LogP contribution in [0.4, 0.5) is 0 Å². The van der Waals surface area contributed by atoms with Crippen molar-refractivity contribution in [1.82, 2.24) is 0 Å². The minimum Gasteiger partial charge on any atom is -0.214 e. The normalized spacial score (nSPS) is 22.6. The highest BCUT2D eigenvalue weighted by Gasteiger charge is 2.13. The van der Waals surface area contributed by atoms with Crippen LogP contribution < -0.4 is 0 Å². The highest BCUT2D eigenvalue weighted by molar-refractivity contribution is 14.1. The Morgan fingerprint density at radius 1 is 1.23 bits per heavy atom. The minimum absolute atomic E-state index is 0.359. The number of hydrogen-bond donors (Lipinski definition) is 0. The van der Waals surface area contributed by atoms with E-state index in [1.807, 2.05) is 22.9 Å². The number of halogens is 3. The molecule has 0 saturated carbocycles. The van der Waals surface area contributed by atoms with Gasteiger partial charge in [0.2, 0.25) is 6.19 Å². The smallest absolute Gasteiger partial charge is 0.206 e. The number of nitriles is 1. The lowest BCUT2D eigenvalue weighted by Gasteiger charge is -2.06. The summed E-state index contributed by atoms with van der Waals surface area (Å²) in [5.41, 5.74) is 0.933. The first-order valence-corrected chi connectivity index (χ1v) is 4.82. The minimum atomic E-state index is 0.359. The summed E-state index contributed by atoms with van der Waals surface area (Å²) in [5.74, 6) is 0. The maximum Gasteiger partial charge on any atom is 0.206 e. The van der Waals surface area contributed by atoms with Crippen LogP contribution in [0.2, 0.25) is 0 Å². The highest BCUT2D eigenvalue weighted by Crippen LogP contribution is 2.20. The van der Waals surface area contributed by atoms with Crippen LogP contribution in [0, 0.1) is 11.5 Å². The van der Waals surface area contributed by atoms with Crippen molar-refractivity contribution in [2.24, 2.45) is 8.20 Å². The van der Waals surface area contributed by atoms with Crippen LogP contribution in [0.15, 0.2) is 30.4 Å². The van der Waals surface area contributed by atoms with E-state index in [2.05, 4.69) is 8.20 Å². The molecule has 1 aliphatic rings. The Morgan fingerprint density at radius 2 is 1.77 bits per heavy atom. The fraction of sp³-hybridized carbons (Fsp3) is 0. The summed E-state index contributed by atoms with van der Waals surface area (Å²) in [4.78, 5) is 3.49. The molecule has 0 unspecified atom stereocenters. The van der Waals surface area contributed by atoms with E-state index in [9.17, 15) is 0 Å². The van der Waals surface area contributed by atoms with Gasteiger partial charge in [0.25, 0.3) is 0 Å². The van der Waals surface area contributed by atoms with E-state index >= 15 is 0 Å². The molecule has 13 heavy (non-hydrogen) atoms. The number of rotatable bonds is 0. The average molecular weight is 326 g/mol. The number of allylic oxidation sites excluding steroid dienone is 4. The van der Waals surface area contributed by atoms with Gasteiger partial charge in [0.1, 0.15) is 0 Å². The monoisotopic (exact) mass is 325 g/mol. The molecule has 0 aromatic carbocycles. The zero-order chi connectivity index (χ0) is 9.84. The van der Waals surface area contributed by atoms with Crippen LogP contribution in [0.1, 0.15) is 0 Å². The molecular weight excluding hydrogens is 324 g/mol. The van der Waals surface area contributed by atoms with E-state index in [4.69, 9.17) is 28.5 Å². The molecule has 0 amide bonds. The second-order valence-corrected chi connectivity index (χ2v) is 3.35. The summed E-state index contributed by atoms with van der Waals surface area (Å²) in [5, 5.41) is 9.10. The van der Waals surface area contributed by atoms with E-state index in [1.165, 1.54) is 6.08 Å². The van der Waals surface area contributed by atoms with Crippen LogP contribution in [0.3, 0.4) is 0 Å². The van der Waals surface area contributed by atoms with E-state index in [1.54, 1.807) is 12.3 Å². The third-order valence-electron chi connectivity index (χ3n) is 1.28. The Labute approximate surface area is 99.0 Å². The van der Waals surface area contributed by atoms with Crippen molar-refractivity contribution >= 4 is 57.5 Å². The Hall–Kier alpha value is -0.380. The number of aliphatic imine (C=N–C) groups is 1. The summed E-state index contributed by atoms with van der Waals surface area (Å²) in [6.07, 6.45) is 4.71. The molecule has 0 heterocycles. The largest absolute Gasteiger partial charge is 0.214 e. The van der Waals surface area contributed by atoms with Crippen molar-refractivity contribution in [2.75, 3.05) is 0 Å². The fourth-order valence-corrected chi connectivity index (χ4v) is 1.67. The lowest BCUT2D eigenvalue weighted by molar-refractivity contribution is 1.44. The lowest BCUT2D eigenvalue weighted by atomic mass is 10.1. The van der Waals surface area contributed by atoms with E-state index in [0.717, 1.165) is 0 Å². The summed E-state index contributed by atoms with van der Waals surface area (Å²) >= 11 is 13.4. The fourth-order valence-electron chi connectivity index (χ4n) is 0.730. The standard InChI is InChI=1S/C7H2Cl2IN3/c8-4-2-7(13-10)5(9)1-6(4)12-3-11/h1-2H/b12-6-,13-7-. The highest BCUT2D eigenvalue weighted by atomic mass is 127. The topological polar surface area (TPSA) is 48.5 Å². The van der Waals surface area contributed by atoms with Crippen molar-refractivity contribution in [3.63, 3.8) is 0 Å². The molecule has 0 fully saturated rings. The van der Waals surface area contributed by atoms with Crippen molar-refractivity contribution in [3.8, 4) is 6.19 Å². The summed E-state index contributed by atoms with van der Waals surface area (Å²) < 4.78 is 3.86. The van der Waals surface area contributed by atoms with Gasteiger partial charge in [-0.25, -0.2) is 3.21 Å². The second kappa shape index (κ2) is 4.74. The van der Waals surface area contributed by atoms with E-state index in [0.29, 0.717) is 21.5 Å². The molecule has 0 atom stereocenters. The molecule has 1 aliphatic carbocycles. The van der Waals surface area contributed by atoms with Gasteiger partial charge in [0.15, 0.2) is 0 Å². The van der Waals surface area contributed by atoms with Gasteiger partial charge in [-0.05, 0) is 12.2 Å². The van der Waals surface area contributed by atoms with Crippen LogP contribution >= 0.6 is 46.1 Å². The first kappa shape index (κ1) is 10.7. The Kier molecular flexibility index (Phi) is 3.90. The predicted molar refractivity (Wildman–Crippen MR) is 62.4 cm³/mol. The van der Waals surface area contributed by atoms with Crippen molar-refractivity contribution < 1.29 is 0 Å². The van der Waals surface area contributed by atoms with Gasteiger partial charge < -0.3 is 0 Å². The van der Waals surface area contributed by atoms with Gasteiger partial charge in [-0.3, -0.25) is 0 Å². The Bertz CT molecular complexity index is 387. The van der Waals surface area contributed by atoms with Gasteiger partial charge in [-0.2, -0.15) is 10.3 Å².